The predicted octanol–water partition coefficient (Wildman–Crippen LogP) is 8.38. The quantitative estimate of drug-likeness (QED) is 0.0450. The van der Waals surface area contributed by atoms with E-state index in [4.69, 9.17) is 39.4 Å². The molecular formula is C39H51N6O6PS2. The normalized spacial score (nSPS) is 23.3. The summed E-state index contributed by atoms with van der Waals surface area (Å²) < 4.78 is 42.3. The molecule has 0 aliphatic carbocycles. The number of terminal acetylenes is 1. The molecule has 0 bridgehead atoms. The summed E-state index contributed by atoms with van der Waals surface area (Å²) in [5, 5.41) is 3.38. The van der Waals surface area contributed by atoms with Gasteiger partial charge in [0.1, 0.15) is 43.5 Å². The molecule has 2 aliphatic heterocycles. The third-order valence-corrected chi connectivity index (χ3v) is 14.4. The fourth-order valence-corrected chi connectivity index (χ4v) is 10.4. The average Bonchev–Trinajstić information content (AvgIpc) is 3.63. The number of imidazole rings is 1. The van der Waals surface area contributed by atoms with E-state index in [0.29, 0.717) is 23.6 Å². The molecule has 12 nitrogen and oxygen atoms in total. The fourth-order valence-electron chi connectivity index (χ4n) is 6.40. The van der Waals surface area contributed by atoms with Crippen LogP contribution in [-0.4, -0.2) is 85.9 Å². The van der Waals surface area contributed by atoms with Crippen LogP contribution in [0.1, 0.15) is 71.9 Å². The number of nitrogens with one attached hydrogen (secondary N) is 1. The first-order valence-electron chi connectivity index (χ1n) is 18.2. The number of hydrogen-bond donors (Lipinski definition) is 1. The van der Waals surface area contributed by atoms with Crippen LogP contribution in [0.3, 0.4) is 0 Å². The first-order valence-corrected chi connectivity index (χ1v) is 21.5. The van der Waals surface area contributed by atoms with Gasteiger partial charge in [0.05, 0.1) is 12.9 Å². The van der Waals surface area contributed by atoms with Crippen molar-refractivity contribution in [3.8, 4) is 12.5 Å². The lowest BCUT2D eigenvalue weighted by Crippen LogP contribution is -2.40. The van der Waals surface area contributed by atoms with Gasteiger partial charge >= 0.3 is 0 Å². The highest BCUT2D eigenvalue weighted by Crippen LogP contribution is 2.51. The Bertz CT molecular complexity index is 1850. The van der Waals surface area contributed by atoms with Crippen molar-refractivity contribution in [3.05, 3.63) is 78.4 Å². The molecule has 2 aliphatic rings. The minimum Gasteiger partial charge on any atom is -0.444 e. The Hall–Kier alpha value is -2.96. The van der Waals surface area contributed by atoms with Crippen molar-refractivity contribution < 1.29 is 28.0 Å². The Morgan fingerprint density at radius 2 is 1.74 bits per heavy atom. The highest BCUT2D eigenvalue weighted by Gasteiger charge is 2.50. The Morgan fingerprint density at radius 3 is 2.44 bits per heavy atom. The van der Waals surface area contributed by atoms with Crippen LogP contribution >= 0.6 is 30.1 Å². The van der Waals surface area contributed by atoms with Gasteiger partial charge in [0.25, 0.3) is 8.53 Å². The SMILES string of the molecule is C#COCC1OC(n2cnc3c(NC4OC4c4ccccc4)ncnc32)C(OC)C1OP(OCCc1ccccc1SSC(C)(C)C)N(C(C)C)C(C)C. The third-order valence-electron chi connectivity index (χ3n) is 8.81. The molecule has 15 heteroatoms. The van der Waals surface area contributed by atoms with E-state index in [2.05, 4.69) is 98.8 Å². The maximum atomic E-state index is 7.01. The first kappa shape index (κ1) is 40.7. The monoisotopic (exact) mass is 794 g/mol. The van der Waals surface area contributed by atoms with Crippen LogP contribution in [0.15, 0.2) is 72.1 Å². The van der Waals surface area contributed by atoms with Crippen LogP contribution in [0.5, 0.6) is 0 Å². The van der Waals surface area contributed by atoms with Crippen LogP contribution in [0, 0.1) is 12.5 Å². The van der Waals surface area contributed by atoms with Crippen LogP contribution in [0.4, 0.5) is 5.82 Å². The van der Waals surface area contributed by atoms with Crippen LogP contribution in [-0.2, 0) is 34.4 Å². The second-order valence-corrected chi connectivity index (χ2v) is 19.0. The Balaban J connectivity index is 1.22. The zero-order valence-electron chi connectivity index (χ0n) is 32.1. The fraction of sp³-hybridized carbons (Fsp3) is 0.513. The maximum Gasteiger partial charge on any atom is 0.259 e. The lowest BCUT2D eigenvalue weighted by molar-refractivity contribution is -0.0582. The molecule has 0 saturated carbocycles. The summed E-state index contributed by atoms with van der Waals surface area (Å²) in [4.78, 5) is 15.1. The van der Waals surface area contributed by atoms with Crippen LogP contribution in [0.2, 0.25) is 0 Å². The third kappa shape index (κ3) is 9.88. The predicted molar refractivity (Wildman–Crippen MR) is 216 cm³/mol. The second kappa shape index (κ2) is 18.3. The molecule has 2 saturated heterocycles. The van der Waals surface area contributed by atoms with E-state index in [1.54, 1.807) is 24.2 Å². The molecular weight excluding hydrogens is 744 g/mol. The molecule has 1 N–H and O–H groups in total. The zero-order valence-corrected chi connectivity index (χ0v) is 34.6. The van der Waals surface area contributed by atoms with Gasteiger partial charge in [0.15, 0.2) is 29.4 Å². The lowest BCUT2D eigenvalue weighted by Gasteiger charge is -2.38. The molecule has 6 rings (SSSR count). The van der Waals surface area contributed by atoms with Crippen molar-refractivity contribution in [2.24, 2.45) is 0 Å². The molecule has 0 radical (unpaired) electrons. The topological polar surface area (TPSA) is 118 Å². The van der Waals surface area contributed by atoms with Crippen molar-refractivity contribution in [3.63, 3.8) is 0 Å². The Labute approximate surface area is 328 Å². The summed E-state index contributed by atoms with van der Waals surface area (Å²) in [6.45, 7) is 15.8. The summed E-state index contributed by atoms with van der Waals surface area (Å²) in [6.07, 6.45) is 9.03. The molecule has 4 heterocycles. The molecule has 2 aromatic carbocycles. The molecule has 54 heavy (non-hydrogen) atoms. The molecule has 290 valence electrons. The van der Waals surface area contributed by atoms with Gasteiger partial charge in [-0.3, -0.25) is 4.57 Å². The summed E-state index contributed by atoms with van der Waals surface area (Å²) in [5.41, 5.74) is 3.48. The van der Waals surface area contributed by atoms with Crippen molar-refractivity contribution in [2.75, 3.05) is 25.6 Å². The van der Waals surface area contributed by atoms with Crippen molar-refractivity contribution in [1.82, 2.24) is 24.2 Å². The number of rotatable bonds is 18. The maximum absolute atomic E-state index is 7.01. The van der Waals surface area contributed by atoms with Crippen LogP contribution < -0.4 is 5.32 Å². The summed E-state index contributed by atoms with van der Waals surface area (Å²) in [6, 6.07) is 18.9. The Morgan fingerprint density at radius 1 is 1.00 bits per heavy atom. The smallest absolute Gasteiger partial charge is 0.259 e. The number of benzene rings is 2. The van der Waals surface area contributed by atoms with E-state index >= 15 is 0 Å². The lowest BCUT2D eigenvalue weighted by atomic mass is 10.1. The van der Waals surface area contributed by atoms with E-state index in [1.807, 2.05) is 45.7 Å². The minimum atomic E-state index is -1.58. The second-order valence-electron chi connectivity index (χ2n) is 14.6. The van der Waals surface area contributed by atoms with E-state index < -0.39 is 33.1 Å². The molecule has 2 aromatic heterocycles. The molecule has 4 aromatic rings. The highest BCUT2D eigenvalue weighted by molar-refractivity contribution is 8.77. The van der Waals surface area contributed by atoms with Gasteiger partial charge in [-0.05, 0) is 51.3 Å². The number of epoxide rings is 1. The number of anilines is 1. The number of aromatic nitrogens is 4. The first-order chi connectivity index (χ1) is 26.0. The minimum absolute atomic E-state index is 0.0707. The zero-order chi connectivity index (χ0) is 38.4. The van der Waals surface area contributed by atoms with E-state index in [1.165, 1.54) is 16.8 Å². The van der Waals surface area contributed by atoms with Gasteiger partial charge in [0, 0.05) is 28.8 Å². The van der Waals surface area contributed by atoms with E-state index in [9.17, 15) is 0 Å². The van der Waals surface area contributed by atoms with Gasteiger partial charge in [-0.15, -0.1) is 0 Å². The van der Waals surface area contributed by atoms with Crippen molar-refractivity contribution in [2.45, 2.75) is 113 Å². The van der Waals surface area contributed by atoms with Gasteiger partial charge in [0.2, 0.25) is 0 Å². The number of ether oxygens (including phenoxy) is 4. The number of methoxy groups -OCH3 is 1. The van der Waals surface area contributed by atoms with E-state index in [-0.39, 0.29) is 35.8 Å². The van der Waals surface area contributed by atoms with Crippen LogP contribution in [0.25, 0.3) is 11.2 Å². The van der Waals surface area contributed by atoms with Gasteiger partial charge in [-0.1, -0.05) is 97.3 Å². The standard InChI is InChI=1S/C39H51N6O6PS2/c1-10-47-22-29-33(51-52(45(25(2)3)26(4)5)48-21-20-27-16-14-15-19-30(27)53-54-39(6,7)8)34(46-9)38(49-29)44-24-42-31-35(40-23-41-36(31)44)43-37-32(50-37)28-17-12-11-13-18-28/h1,11-19,23-26,29,32-34,37-38H,20-22H2,2-9H3,(H,40,41,43). The molecule has 0 amide bonds. The number of fused-ring (bicyclic) bond motifs is 1. The summed E-state index contributed by atoms with van der Waals surface area (Å²) >= 11 is 0. The van der Waals surface area contributed by atoms with Gasteiger partial charge in [-0.2, -0.15) is 0 Å². The number of hydrogen-bond acceptors (Lipinski definition) is 13. The van der Waals surface area contributed by atoms with Crippen molar-refractivity contribution in [1.29, 1.82) is 0 Å². The van der Waals surface area contributed by atoms with Gasteiger partial charge in [-0.25, -0.2) is 19.6 Å². The average molecular weight is 795 g/mol. The molecule has 2 fully saturated rings. The summed E-state index contributed by atoms with van der Waals surface area (Å²) in [5.74, 6) is 0.563. The van der Waals surface area contributed by atoms with Crippen molar-refractivity contribution >= 4 is 47.1 Å². The van der Waals surface area contributed by atoms with Gasteiger partial charge < -0.3 is 33.3 Å². The summed E-state index contributed by atoms with van der Waals surface area (Å²) in [7, 11) is 3.73. The molecule has 7 atom stereocenters. The largest absolute Gasteiger partial charge is 0.444 e. The molecule has 0 spiro atoms. The number of nitrogens with zero attached hydrogens (tertiary/aromatic N) is 5. The Kier molecular flexibility index (Phi) is 13.8. The highest BCUT2D eigenvalue weighted by atomic mass is 33.1. The van der Waals surface area contributed by atoms with E-state index in [0.717, 1.165) is 12.0 Å². The molecule has 7 unspecified atom stereocenters.